The van der Waals surface area contributed by atoms with Crippen molar-refractivity contribution in [3.63, 3.8) is 0 Å². The summed E-state index contributed by atoms with van der Waals surface area (Å²) in [5.74, 6) is 0.660. The minimum absolute atomic E-state index is 0.0173. The molecule has 1 aliphatic carbocycles. The van der Waals surface area contributed by atoms with Crippen LogP contribution in [-0.4, -0.2) is 23.7 Å². The third kappa shape index (κ3) is 2.68. The van der Waals surface area contributed by atoms with Gasteiger partial charge in [0, 0.05) is 17.9 Å². The summed E-state index contributed by atoms with van der Waals surface area (Å²) in [4.78, 5) is 12.5. The van der Waals surface area contributed by atoms with Gasteiger partial charge in [-0.25, -0.2) is 9.40 Å². The molecule has 5 heteroatoms. The van der Waals surface area contributed by atoms with Crippen LogP contribution < -0.4 is 4.74 Å². The van der Waals surface area contributed by atoms with Crippen LogP contribution in [0.4, 0.5) is 4.39 Å². The smallest absolute Gasteiger partial charge is 0.242 e. The molecule has 0 saturated carbocycles. The van der Waals surface area contributed by atoms with E-state index in [1.165, 1.54) is 17.7 Å². The Kier molecular flexibility index (Phi) is 4.23. The van der Waals surface area contributed by atoms with E-state index >= 15 is 0 Å². The first-order valence-electron chi connectivity index (χ1n) is 8.95. The lowest BCUT2D eigenvalue weighted by atomic mass is 9.77. The van der Waals surface area contributed by atoms with Crippen molar-refractivity contribution in [3.8, 4) is 5.75 Å². The SMILES string of the molecule is CCC(=O)N1N=C2c3ccc(OC)cc3CC[C@H]2[C@H]1c1ccc(F)cc1. The van der Waals surface area contributed by atoms with E-state index in [2.05, 4.69) is 0 Å². The number of nitrogens with zero attached hydrogens (tertiary/aromatic N) is 2. The minimum Gasteiger partial charge on any atom is -0.497 e. The number of halogens is 1. The summed E-state index contributed by atoms with van der Waals surface area (Å²) in [5, 5.41) is 6.33. The van der Waals surface area contributed by atoms with Crippen molar-refractivity contribution in [1.29, 1.82) is 0 Å². The number of benzene rings is 2. The topological polar surface area (TPSA) is 41.9 Å². The summed E-state index contributed by atoms with van der Waals surface area (Å²) in [6.07, 6.45) is 2.19. The monoisotopic (exact) mass is 352 g/mol. The molecule has 1 amide bonds. The first-order chi connectivity index (χ1) is 12.6. The molecule has 26 heavy (non-hydrogen) atoms. The highest BCUT2D eigenvalue weighted by Crippen LogP contribution is 2.44. The van der Waals surface area contributed by atoms with E-state index in [-0.39, 0.29) is 23.7 Å². The maximum Gasteiger partial charge on any atom is 0.242 e. The van der Waals surface area contributed by atoms with Gasteiger partial charge in [-0.05, 0) is 54.3 Å². The van der Waals surface area contributed by atoms with Crippen LogP contribution >= 0.6 is 0 Å². The van der Waals surface area contributed by atoms with Gasteiger partial charge in [-0.2, -0.15) is 5.10 Å². The van der Waals surface area contributed by atoms with Crippen LogP contribution in [0.15, 0.2) is 47.6 Å². The molecule has 1 aliphatic heterocycles. The lowest BCUT2D eigenvalue weighted by Crippen LogP contribution is -2.31. The second-order valence-corrected chi connectivity index (χ2v) is 6.74. The van der Waals surface area contributed by atoms with Gasteiger partial charge in [0.1, 0.15) is 11.6 Å². The Bertz CT molecular complexity index is 876. The van der Waals surface area contributed by atoms with Crippen LogP contribution in [0, 0.1) is 11.7 Å². The zero-order valence-corrected chi connectivity index (χ0v) is 14.9. The maximum atomic E-state index is 13.4. The summed E-state index contributed by atoms with van der Waals surface area (Å²) < 4.78 is 18.7. The van der Waals surface area contributed by atoms with Crippen molar-refractivity contribution in [2.24, 2.45) is 11.0 Å². The number of fused-ring (bicyclic) bond motifs is 3. The summed E-state index contributed by atoms with van der Waals surface area (Å²) in [6.45, 7) is 1.84. The Morgan fingerprint density at radius 2 is 2.04 bits per heavy atom. The second kappa shape index (κ2) is 6.56. The molecule has 4 nitrogen and oxygen atoms in total. The molecule has 0 unspecified atom stereocenters. The van der Waals surface area contributed by atoms with Gasteiger partial charge in [-0.3, -0.25) is 4.79 Å². The van der Waals surface area contributed by atoms with E-state index in [9.17, 15) is 9.18 Å². The molecule has 0 radical (unpaired) electrons. The number of ether oxygens (including phenoxy) is 1. The highest BCUT2D eigenvalue weighted by Gasteiger charge is 2.43. The second-order valence-electron chi connectivity index (χ2n) is 6.74. The lowest BCUT2D eigenvalue weighted by molar-refractivity contribution is -0.133. The summed E-state index contributed by atoms with van der Waals surface area (Å²) >= 11 is 0. The average Bonchev–Trinajstić information content (AvgIpc) is 3.07. The van der Waals surface area contributed by atoms with Gasteiger partial charge in [-0.1, -0.05) is 19.1 Å². The molecule has 0 spiro atoms. The summed E-state index contributed by atoms with van der Waals surface area (Å²) in [5.41, 5.74) is 4.16. The molecule has 0 bridgehead atoms. The number of methoxy groups -OCH3 is 1. The molecule has 0 aromatic heterocycles. The van der Waals surface area contributed by atoms with Crippen molar-refractivity contribution >= 4 is 11.6 Å². The predicted octanol–water partition coefficient (Wildman–Crippen LogP) is 4.09. The number of carbonyl (C=O) groups is 1. The molecule has 1 heterocycles. The fraction of sp³-hybridized carbons (Fsp3) is 0.333. The molecule has 0 fully saturated rings. The first kappa shape index (κ1) is 16.8. The van der Waals surface area contributed by atoms with Crippen molar-refractivity contribution < 1.29 is 13.9 Å². The van der Waals surface area contributed by atoms with E-state index in [1.54, 1.807) is 24.3 Å². The van der Waals surface area contributed by atoms with Gasteiger partial charge in [0.2, 0.25) is 5.91 Å². The molecule has 4 rings (SSSR count). The van der Waals surface area contributed by atoms with Gasteiger partial charge in [-0.15, -0.1) is 0 Å². The van der Waals surface area contributed by atoms with E-state index < -0.39 is 0 Å². The van der Waals surface area contributed by atoms with Gasteiger partial charge in [0.25, 0.3) is 0 Å². The lowest BCUT2D eigenvalue weighted by Gasteiger charge is -2.29. The van der Waals surface area contributed by atoms with Gasteiger partial charge in [0.05, 0.1) is 18.9 Å². The quantitative estimate of drug-likeness (QED) is 0.835. The summed E-state index contributed by atoms with van der Waals surface area (Å²) in [6, 6.07) is 12.3. The number of hydrogen-bond acceptors (Lipinski definition) is 3. The molecule has 2 atom stereocenters. The maximum absolute atomic E-state index is 13.4. The van der Waals surface area contributed by atoms with Crippen LogP contribution in [-0.2, 0) is 11.2 Å². The molecule has 2 aromatic carbocycles. The predicted molar refractivity (Wildman–Crippen MR) is 97.6 cm³/mol. The summed E-state index contributed by atoms with van der Waals surface area (Å²) in [7, 11) is 1.66. The third-order valence-electron chi connectivity index (χ3n) is 5.29. The zero-order valence-electron chi connectivity index (χ0n) is 14.9. The Labute approximate surface area is 152 Å². The Hall–Kier alpha value is -2.69. The zero-order chi connectivity index (χ0) is 18.3. The van der Waals surface area contributed by atoms with E-state index in [0.29, 0.717) is 6.42 Å². The van der Waals surface area contributed by atoms with Crippen LogP contribution in [0.2, 0.25) is 0 Å². The standard InChI is InChI=1S/C21H21FN2O2/c1-3-19(25)24-21(13-4-7-15(22)8-5-13)18-10-6-14-12-16(26-2)9-11-17(14)20(18)23-24/h4-5,7-9,11-12,18,21H,3,6,10H2,1-2H3/t18-,21-/m1/s1. The van der Waals surface area contributed by atoms with Gasteiger partial charge in [0.15, 0.2) is 0 Å². The Morgan fingerprint density at radius 3 is 2.73 bits per heavy atom. The van der Waals surface area contributed by atoms with Gasteiger partial charge >= 0.3 is 0 Å². The molecular formula is C21H21FN2O2. The molecular weight excluding hydrogens is 331 g/mol. The number of aryl methyl sites for hydroxylation is 1. The number of hydrazone groups is 1. The molecule has 134 valence electrons. The number of amides is 1. The normalized spacial score (nSPS) is 21.0. The highest BCUT2D eigenvalue weighted by molar-refractivity contribution is 6.07. The average molecular weight is 352 g/mol. The van der Waals surface area contributed by atoms with E-state index in [0.717, 1.165) is 35.4 Å². The molecule has 2 aliphatic rings. The highest BCUT2D eigenvalue weighted by atomic mass is 19.1. The van der Waals surface area contributed by atoms with Crippen molar-refractivity contribution in [2.75, 3.05) is 7.11 Å². The van der Waals surface area contributed by atoms with Crippen molar-refractivity contribution in [3.05, 3.63) is 65.0 Å². The molecule has 0 saturated heterocycles. The molecule has 0 N–H and O–H groups in total. The van der Waals surface area contributed by atoms with Crippen molar-refractivity contribution in [1.82, 2.24) is 5.01 Å². The minimum atomic E-state index is -0.276. The Balaban J connectivity index is 1.78. The Morgan fingerprint density at radius 1 is 1.27 bits per heavy atom. The third-order valence-corrected chi connectivity index (χ3v) is 5.29. The van der Waals surface area contributed by atoms with Crippen LogP contribution in [0.25, 0.3) is 0 Å². The van der Waals surface area contributed by atoms with Crippen LogP contribution in [0.1, 0.15) is 42.5 Å². The van der Waals surface area contributed by atoms with Gasteiger partial charge < -0.3 is 4.74 Å². The molecule has 2 aromatic rings. The van der Waals surface area contributed by atoms with Crippen LogP contribution in [0.5, 0.6) is 5.75 Å². The largest absolute Gasteiger partial charge is 0.497 e. The fourth-order valence-electron chi connectivity index (χ4n) is 3.99. The fourth-order valence-corrected chi connectivity index (χ4v) is 3.99. The van der Waals surface area contributed by atoms with Crippen molar-refractivity contribution in [2.45, 2.75) is 32.2 Å². The number of rotatable bonds is 3. The van der Waals surface area contributed by atoms with Crippen LogP contribution in [0.3, 0.4) is 0 Å². The van der Waals surface area contributed by atoms with E-state index in [1.807, 2.05) is 25.1 Å². The number of carbonyl (C=O) groups excluding carboxylic acids is 1. The first-order valence-corrected chi connectivity index (χ1v) is 8.95. The van der Waals surface area contributed by atoms with E-state index in [4.69, 9.17) is 9.84 Å². The number of hydrogen-bond donors (Lipinski definition) is 0.